The third kappa shape index (κ3) is 2.13. The van der Waals surface area contributed by atoms with Gasteiger partial charge in [0.05, 0.1) is 6.61 Å². The van der Waals surface area contributed by atoms with Crippen molar-refractivity contribution >= 4 is 43.3 Å². The molecule has 1 aromatic heterocycles. The van der Waals surface area contributed by atoms with Crippen LogP contribution in [0, 0.1) is 6.92 Å². The van der Waals surface area contributed by atoms with Crippen LogP contribution in [0.1, 0.15) is 22.2 Å². The zero-order valence-corrected chi connectivity index (χ0v) is 11.4. The Morgan fingerprint density at radius 3 is 2.88 bits per heavy atom. The molecule has 0 N–H and O–H groups in total. The molecular weight excluding hydrogens is 288 g/mol. The molecular formula is C12H11BrO2S. The fourth-order valence-corrected chi connectivity index (χ4v) is 3.43. The standard InChI is InChI=1S/C12H11BrO2S/c1-3-15-12(14)11-6-8-9(13)4-7(2)5-10(8)16-11/h4-6H,3H2,1-2H3. The van der Waals surface area contributed by atoms with Crippen LogP contribution < -0.4 is 0 Å². The van der Waals surface area contributed by atoms with Gasteiger partial charge >= 0.3 is 5.97 Å². The smallest absolute Gasteiger partial charge is 0.348 e. The SMILES string of the molecule is CCOC(=O)c1cc2c(Br)cc(C)cc2s1. The molecule has 0 atom stereocenters. The number of carbonyl (C=O) groups excluding carboxylic acids is 1. The quantitative estimate of drug-likeness (QED) is 0.779. The molecule has 0 aliphatic heterocycles. The van der Waals surface area contributed by atoms with Crippen LogP contribution in [0.5, 0.6) is 0 Å². The maximum Gasteiger partial charge on any atom is 0.348 e. The lowest BCUT2D eigenvalue weighted by molar-refractivity contribution is 0.0532. The van der Waals surface area contributed by atoms with Gasteiger partial charge in [-0.1, -0.05) is 15.9 Å². The number of ether oxygens (including phenoxy) is 1. The third-order valence-corrected chi connectivity index (χ3v) is 3.93. The van der Waals surface area contributed by atoms with Crippen molar-refractivity contribution in [3.8, 4) is 0 Å². The number of benzene rings is 1. The largest absolute Gasteiger partial charge is 0.462 e. The van der Waals surface area contributed by atoms with Gasteiger partial charge in [-0.3, -0.25) is 0 Å². The topological polar surface area (TPSA) is 26.3 Å². The van der Waals surface area contributed by atoms with Crippen LogP contribution in [0.2, 0.25) is 0 Å². The Morgan fingerprint density at radius 2 is 2.19 bits per heavy atom. The predicted octanol–water partition coefficient (Wildman–Crippen LogP) is 4.15. The first-order chi connectivity index (χ1) is 7.61. The van der Waals surface area contributed by atoms with Gasteiger partial charge < -0.3 is 4.74 Å². The molecule has 1 heterocycles. The lowest BCUT2D eigenvalue weighted by Gasteiger charge is -1.95. The van der Waals surface area contributed by atoms with Crippen LogP contribution >= 0.6 is 27.3 Å². The second kappa shape index (κ2) is 4.55. The number of hydrogen-bond acceptors (Lipinski definition) is 3. The minimum absolute atomic E-state index is 0.242. The highest BCUT2D eigenvalue weighted by molar-refractivity contribution is 9.10. The minimum atomic E-state index is -0.242. The second-order valence-corrected chi connectivity index (χ2v) is 5.43. The van der Waals surface area contributed by atoms with Crippen molar-refractivity contribution in [2.45, 2.75) is 13.8 Å². The van der Waals surface area contributed by atoms with E-state index >= 15 is 0 Å². The van der Waals surface area contributed by atoms with Gasteiger partial charge in [-0.2, -0.15) is 0 Å². The Balaban J connectivity index is 2.51. The van der Waals surface area contributed by atoms with Crippen LogP contribution in [-0.4, -0.2) is 12.6 Å². The van der Waals surface area contributed by atoms with E-state index in [1.807, 2.05) is 26.0 Å². The Kier molecular flexibility index (Phi) is 3.30. The molecule has 0 unspecified atom stereocenters. The monoisotopic (exact) mass is 298 g/mol. The molecule has 0 radical (unpaired) electrons. The van der Waals surface area contributed by atoms with Crippen LogP contribution in [0.4, 0.5) is 0 Å². The highest BCUT2D eigenvalue weighted by Gasteiger charge is 2.12. The number of esters is 1. The molecule has 2 aromatic rings. The van der Waals surface area contributed by atoms with E-state index in [4.69, 9.17) is 4.74 Å². The molecule has 16 heavy (non-hydrogen) atoms. The van der Waals surface area contributed by atoms with E-state index in [0.29, 0.717) is 11.5 Å². The first kappa shape index (κ1) is 11.6. The first-order valence-corrected chi connectivity index (χ1v) is 6.59. The third-order valence-electron chi connectivity index (χ3n) is 2.21. The number of hydrogen-bond donors (Lipinski definition) is 0. The summed E-state index contributed by atoms with van der Waals surface area (Å²) >= 11 is 4.97. The highest BCUT2D eigenvalue weighted by Crippen LogP contribution is 2.32. The van der Waals surface area contributed by atoms with Crippen molar-refractivity contribution in [2.24, 2.45) is 0 Å². The minimum Gasteiger partial charge on any atom is -0.462 e. The van der Waals surface area contributed by atoms with Crippen molar-refractivity contribution in [3.63, 3.8) is 0 Å². The van der Waals surface area contributed by atoms with Gasteiger partial charge in [0.25, 0.3) is 0 Å². The summed E-state index contributed by atoms with van der Waals surface area (Å²) in [6.07, 6.45) is 0. The molecule has 4 heteroatoms. The van der Waals surface area contributed by atoms with E-state index in [9.17, 15) is 4.79 Å². The van der Waals surface area contributed by atoms with Crippen LogP contribution in [0.25, 0.3) is 10.1 Å². The highest BCUT2D eigenvalue weighted by atomic mass is 79.9. The molecule has 0 spiro atoms. The second-order valence-electron chi connectivity index (χ2n) is 3.49. The van der Waals surface area contributed by atoms with Gasteiger partial charge in [-0.05, 0) is 37.6 Å². The molecule has 0 saturated carbocycles. The molecule has 0 bridgehead atoms. The summed E-state index contributed by atoms with van der Waals surface area (Å²) in [6.45, 7) is 4.26. The zero-order valence-electron chi connectivity index (χ0n) is 9.04. The summed E-state index contributed by atoms with van der Waals surface area (Å²) < 4.78 is 7.11. The predicted molar refractivity (Wildman–Crippen MR) is 70.2 cm³/mol. The number of rotatable bonds is 2. The lowest BCUT2D eigenvalue weighted by atomic mass is 10.2. The van der Waals surface area contributed by atoms with Crippen molar-refractivity contribution in [3.05, 3.63) is 33.1 Å². The number of aryl methyl sites for hydroxylation is 1. The van der Waals surface area contributed by atoms with Gasteiger partial charge in [-0.25, -0.2) is 4.79 Å². The zero-order chi connectivity index (χ0) is 11.7. The maximum atomic E-state index is 11.6. The molecule has 0 fully saturated rings. The number of thiophene rings is 1. The normalized spacial score (nSPS) is 10.7. The fourth-order valence-electron chi connectivity index (χ4n) is 1.53. The molecule has 84 valence electrons. The molecule has 1 aromatic carbocycles. The van der Waals surface area contributed by atoms with Crippen LogP contribution in [0.15, 0.2) is 22.7 Å². The Labute approximate surface area is 106 Å². The summed E-state index contributed by atoms with van der Waals surface area (Å²) in [4.78, 5) is 12.2. The molecule has 2 rings (SSSR count). The van der Waals surface area contributed by atoms with E-state index < -0.39 is 0 Å². The first-order valence-electron chi connectivity index (χ1n) is 4.98. The van der Waals surface area contributed by atoms with Gasteiger partial charge in [-0.15, -0.1) is 11.3 Å². The van der Waals surface area contributed by atoms with E-state index in [2.05, 4.69) is 22.0 Å². The van der Waals surface area contributed by atoms with Crippen molar-refractivity contribution in [1.29, 1.82) is 0 Å². The van der Waals surface area contributed by atoms with Gasteiger partial charge in [0, 0.05) is 14.6 Å². The van der Waals surface area contributed by atoms with E-state index in [1.54, 1.807) is 0 Å². The van der Waals surface area contributed by atoms with Crippen molar-refractivity contribution < 1.29 is 9.53 Å². The van der Waals surface area contributed by atoms with Crippen molar-refractivity contribution in [1.82, 2.24) is 0 Å². The molecule has 0 aliphatic rings. The summed E-state index contributed by atoms with van der Waals surface area (Å²) in [6, 6.07) is 6.00. The molecule has 0 saturated heterocycles. The fraction of sp³-hybridized carbons (Fsp3) is 0.250. The number of halogens is 1. The maximum absolute atomic E-state index is 11.6. The van der Waals surface area contributed by atoms with Crippen LogP contribution in [-0.2, 0) is 4.74 Å². The van der Waals surface area contributed by atoms with E-state index in [-0.39, 0.29) is 5.97 Å². The Bertz CT molecular complexity index is 545. The molecule has 0 aliphatic carbocycles. The Hall–Kier alpha value is -0.870. The molecule has 0 amide bonds. The summed E-state index contributed by atoms with van der Waals surface area (Å²) in [5.41, 5.74) is 1.18. The van der Waals surface area contributed by atoms with Gasteiger partial charge in [0.15, 0.2) is 0 Å². The average molecular weight is 299 g/mol. The van der Waals surface area contributed by atoms with Crippen molar-refractivity contribution in [2.75, 3.05) is 6.61 Å². The number of carbonyl (C=O) groups is 1. The lowest BCUT2D eigenvalue weighted by Crippen LogP contribution is -2.01. The van der Waals surface area contributed by atoms with E-state index in [1.165, 1.54) is 16.9 Å². The van der Waals surface area contributed by atoms with Crippen LogP contribution in [0.3, 0.4) is 0 Å². The van der Waals surface area contributed by atoms with Gasteiger partial charge in [0.2, 0.25) is 0 Å². The molecule has 2 nitrogen and oxygen atoms in total. The summed E-state index contributed by atoms with van der Waals surface area (Å²) in [7, 11) is 0. The van der Waals surface area contributed by atoms with Gasteiger partial charge in [0.1, 0.15) is 4.88 Å². The Morgan fingerprint density at radius 1 is 1.44 bits per heavy atom. The summed E-state index contributed by atoms with van der Waals surface area (Å²) in [5, 5.41) is 1.07. The summed E-state index contributed by atoms with van der Waals surface area (Å²) in [5.74, 6) is -0.242. The van der Waals surface area contributed by atoms with E-state index in [0.717, 1.165) is 14.6 Å². The number of fused-ring (bicyclic) bond motifs is 1. The average Bonchev–Trinajstić information content (AvgIpc) is 2.62.